The first-order valence-corrected chi connectivity index (χ1v) is 28.1. The maximum atomic E-state index is 4.11. The summed E-state index contributed by atoms with van der Waals surface area (Å²) in [5.74, 6) is 0. The van der Waals surface area contributed by atoms with E-state index in [4.69, 9.17) is 0 Å². The van der Waals surface area contributed by atoms with Gasteiger partial charge in [-0.05, 0) is 211 Å². The van der Waals surface area contributed by atoms with E-state index in [1.165, 1.54) is 164 Å². The van der Waals surface area contributed by atoms with Crippen molar-refractivity contribution in [3.8, 4) is 50.2 Å². The number of rotatable bonds is 4. The van der Waals surface area contributed by atoms with Crippen molar-refractivity contribution >= 4 is 51.4 Å². The summed E-state index contributed by atoms with van der Waals surface area (Å²) in [5, 5.41) is 6.80. The summed E-state index contributed by atoms with van der Waals surface area (Å²) in [4.78, 5) is 0. The standard InChI is InChI=1S/C72H72BN2/c1-40-19-23-43(24-20-40)74-61-38-55-47(48-35-56-58(37-54(48)72(55,13)14)69(7,8)29-27-67(56,3)4)34-49(61)50-33-46(42-22-25-45-44-17-15-16-18-52(44)71(11,12)53(45)32-42)64-51-36-57-59(70(9,10)30-28-68(57,5)6)39-63(51)75-62-26-21-41(2)31-60(62)73-65(50)66(64)75/h15-26,31-39,74H,27-30H2,1-14H3. The molecule has 0 amide bonds. The Morgan fingerprint density at radius 3 is 1.69 bits per heavy atom. The van der Waals surface area contributed by atoms with Gasteiger partial charge in [0.1, 0.15) is 0 Å². The minimum absolute atomic E-state index is 0.0519. The second-order valence-electron chi connectivity index (χ2n) is 27.5. The van der Waals surface area contributed by atoms with Crippen LogP contribution in [0, 0.1) is 13.8 Å². The zero-order valence-electron chi connectivity index (χ0n) is 47.0. The lowest BCUT2D eigenvalue weighted by Crippen LogP contribution is -2.37. The van der Waals surface area contributed by atoms with Crippen LogP contribution in [-0.4, -0.2) is 11.8 Å². The number of aryl methyl sites for hydroxylation is 2. The van der Waals surface area contributed by atoms with Crippen LogP contribution in [-0.2, 0) is 32.5 Å². The molecule has 0 saturated carbocycles. The molecule has 0 fully saturated rings. The molecule has 2 heterocycles. The summed E-state index contributed by atoms with van der Waals surface area (Å²) >= 11 is 0. The highest BCUT2D eigenvalue weighted by molar-refractivity contribution is 6.73. The lowest BCUT2D eigenvalue weighted by atomic mass is 9.58. The first-order chi connectivity index (χ1) is 35.4. The van der Waals surface area contributed by atoms with Gasteiger partial charge in [-0.15, -0.1) is 0 Å². The Labute approximate surface area is 447 Å². The average molecular weight is 976 g/mol. The summed E-state index contributed by atoms with van der Waals surface area (Å²) in [6, 6.07) is 50.9. The third-order valence-corrected chi connectivity index (χ3v) is 20.1. The highest BCUT2D eigenvalue weighted by Gasteiger charge is 2.44. The van der Waals surface area contributed by atoms with Crippen molar-refractivity contribution in [1.82, 2.24) is 4.57 Å². The van der Waals surface area contributed by atoms with Gasteiger partial charge in [0.05, 0.1) is 5.52 Å². The predicted molar refractivity (Wildman–Crippen MR) is 322 cm³/mol. The van der Waals surface area contributed by atoms with Crippen molar-refractivity contribution < 1.29 is 0 Å². The van der Waals surface area contributed by atoms with Gasteiger partial charge in [0.15, 0.2) is 7.28 Å². The van der Waals surface area contributed by atoms with Crippen molar-refractivity contribution in [1.29, 1.82) is 0 Å². The minimum Gasteiger partial charge on any atom is -0.355 e. The largest absolute Gasteiger partial charge is 0.355 e. The maximum absolute atomic E-state index is 4.11. The molecule has 1 aliphatic heterocycles. The fourth-order valence-corrected chi connectivity index (χ4v) is 15.1. The van der Waals surface area contributed by atoms with Gasteiger partial charge in [0.2, 0.25) is 0 Å². The molecule has 0 unspecified atom stereocenters. The van der Waals surface area contributed by atoms with E-state index in [0.29, 0.717) is 0 Å². The second kappa shape index (κ2) is 15.1. The molecule has 5 aliphatic rings. The fraction of sp³-hybridized carbons (Fsp3) is 0.333. The monoisotopic (exact) mass is 976 g/mol. The molecule has 0 bridgehead atoms. The third kappa shape index (κ3) is 6.52. The van der Waals surface area contributed by atoms with E-state index in [-0.39, 0.29) is 32.5 Å². The topological polar surface area (TPSA) is 17.0 Å². The molecule has 8 aromatic carbocycles. The first kappa shape index (κ1) is 46.9. The minimum atomic E-state index is -0.201. The van der Waals surface area contributed by atoms with E-state index in [2.05, 4.69) is 241 Å². The molecule has 0 atom stereocenters. The Morgan fingerprint density at radius 2 is 0.987 bits per heavy atom. The number of nitrogens with one attached hydrogen (secondary N) is 1. The molecule has 0 spiro atoms. The summed E-state index contributed by atoms with van der Waals surface area (Å²) in [7, 11) is 2.54. The second-order valence-corrected chi connectivity index (χ2v) is 27.5. The van der Waals surface area contributed by atoms with E-state index < -0.39 is 0 Å². The number of nitrogens with zero attached hydrogens (tertiary/aromatic N) is 1. The fourth-order valence-electron chi connectivity index (χ4n) is 15.1. The van der Waals surface area contributed by atoms with E-state index in [9.17, 15) is 0 Å². The van der Waals surface area contributed by atoms with E-state index in [1.807, 2.05) is 0 Å². The predicted octanol–water partition coefficient (Wildman–Crippen LogP) is 17.8. The van der Waals surface area contributed by atoms with Gasteiger partial charge in [0.25, 0.3) is 0 Å². The molecular weight excluding hydrogens is 904 g/mol. The molecule has 373 valence electrons. The molecule has 1 N–H and O–H groups in total. The average Bonchev–Trinajstić information content (AvgIpc) is 3.91. The molecule has 3 heteroatoms. The maximum Gasteiger partial charge on any atom is 0.197 e. The lowest BCUT2D eigenvalue weighted by Gasteiger charge is -2.42. The molecule has 9 aromatic rings. The Kier molecular flexibility index (Phi) is 9.44. The van der Waals surface area contributed by atoms with Crippen molar-refractivity contribution in [2.24, 2.45) is 0 Å². The number of aromatic nitrogens is 1. The van der Waals surface area contributed by atoms with Gasteiger partial charge in [-0.25, -0.2) is 0 Å². The van der Waals surface area contributed by atoms with Crippen molar-refractivity contribution in [2.45, 2.75) is 155 Å². The molecule has 2 nitrogen and oxygen atoms in total. The lowest BCUT2D eigenvalue weighted by molar-refractivity contribution is 0.331. The Bertz CT molecular complexity index is 4010. The van der Waals surface area contributed by atoms with Gasteiger partial charge in [-0.1, -0.05) is 166 Å². The molecule has 1 aromatic heterocycles. The van der Waals surface area contributed by atoms with E-state index >= 15 is 0 Å². The molecule has 1 radical (unpaired) electrons. The van der Waals surface area contributed by atoms with Crippen LogP contribution in [0.2, 0.25) is 0 Å². The summed E-state index contributed by atoms with van der Waals surface area (Å²) in [6.07, 6.45) is 4.73. The van der Waals surface area contributed by atoms with Crippen LogP contribution in [0.1, 0.15) is 164 Å². The number of anilines is 2. The van der Waals surface area contributed by atoms with Gasteiger partial charge < -0.3 is 9.88 Å². The van der Waals surface area contributed by atoms with E-state index in [1.54, 1.807) is 0 Å². The summed E-state index contributed by atoms with van der Waals surface area (Å²) in [6.45, 7) is 34.0. The van der Waals surface area contributed by atoms with Gasteiger partial charge in [-0.3, -0.25) is 0 Å². The molecule has 75 heavy (non-hydrogen) atoms. The number of benzene rings is 8. The van der Waals surface area contributed by atoms with Crippen LogP contribution in [0.4, 0.5) is 11.4 Å². The van der Waals surface area contributed by atoms with Crippen LogP contribution in [0.15, 0.2) is 127 Å². The van der Waals surface area contributed by atoms with Crippen LogP contribution in [0.5, 0.6) is 0 Å². The summed E-state index contributed by atoms with van der Waals surface area (Å²) in [5.41, 5.74) is 33.3. The summed E-state index contributed by atoms with van der Waals surface area (Å²) < 4.78 is 2.68. The van der Waals surface area contributed by atoms with Crippen molar-refractivity contribution in [2.75, 3.05) is 5.32 Å². The Hall–Kier alpha value is -6.58. The quantitative estimate of drug-likeness (QED) is 0.174. The third-order valence-electron chi connectivity index (χ3n) is 20.1. The SMILES string of the molecule is Cc1ccc(Nc2cc3c(cc2-c2cc(-c4ccc5c(c4)C(C)(C)c4ccccc4-5)c4c5cc6c(cc5n5c4c2[B]c2cc(C)ccc2-5)C(C)(C)CCC6(C)C)-c2cc4c(cc2C3(C)C)C(C)(C)CCC4(C)C)cc1. The van der Waals surface area contributed by atoms with Gasteiger partial charge in [-0.2, -0.15) is 0 Å². The van der Waals surface area contributed by atoms with Crippen LogP contribution < -0.4 is 16.2 Å². The van der Waals surface area contributed by atoms with Crippen molar-refractivity contribution in [3.05, 3.63) is 183 Å². The highest BCUT2D eigenvalue weighted by Crippen LogP contribution is 2.58. The van der Waals surface area contributed by atoms with Crippen molar-refractivity contribution in [3.63, 3.8) is 0 Å². The van der Waals surface area contributed by atoms with Gasteiger partial charge >= 0.3 is 0 Å². The van der Waals surface area contributed by atoms with E-state index in [0.717, 1.165) is 11.4 Å². The molecule has 14 rings (SSSR count). The Morgan fingerprint density at radius 1 is 0.427 bits per heavy atom. The Balaban J connectivity index is 1.13. The number of hydrogen-bond donors (Lipinski definition) is 1. The zero-order valence-corrected chi connectivity index (χ0v) is 47.0. The van der Waals surface area contributed by atoms with Crippen LogP contribution in [0.3, 0.4) is 0 Å². The van der Waals surface area contributed by atoms with Gasteiger partial charge in [0, 0.05) is 49.7 Å². The number of hydrogen-bond acceptors (Lipinski definition) is 1. The molecule has 4 aliphatic carbocycles. The van der Waals surface area contributed by atoms with Crippen LogP contribution >= 0.6 is 0 Å². The number of fused-ring (bicyclic) bond motifs is 13. The molecule has 0 saturated heterocycles. The molecular formula is C72H72BN2. The normalized spacial score (nSPS) is 18.8. The van der Waals surface area contributed by atoms with Crippen LogP contribution in [0.25, 0.3) is 72.0 Å². The zero-order chi connectivity index (χ0) is 52.3. The smallest absolute Gasteiger partial charge is 0.197 e. The highest BCUT2D eigenvalue weighted by atomic mass is 15.0. The first-order valence-electron chi connectivity index (χ1n) is 28.1.